The third kappa shape index (κ3) is 5.17. The molecule has 2 heterocycles. The first kappa shape index (κ1) is 26.6. The molecule has 0 radical (unpaired) electrons. The van der Waals surface area contributed by atoms with Crippen LogP contribution in [0.15, 0.2) is 65.5 Å². The van der Waals surface area contributed by atoms with E-state index in [1.165, 1.54) is 11.0 Å². The van der Waals surface area contributed by atoms with Gasteiger partial charge in [-0.15, -0.1) is 0 Å². The molecule has 1 aliphatic carbocycles. The summed E-state index contributed by atoms with van der Waals surface area (Å²) in [5.41, 5.74) is 2.23. The summed E-state index contributed by atoms with van der Waals surface area (Å²) in [7, 11) is 0. The van der Waals surface area contributed by atoms with Crippen LogP contribution >= 0.6 is 0 Å². The number of rotatable bonds is 7. The van der Waals surface area contributed by atoms with Gasteiger partial charge in [0, 0.05) is 56.2 Å². The summed E-state index contributed by atoms with van der Waals surface area (Å²) in [5.74, 6) is -5.20. The van der Waals surface area contributed by atoms with E-state index in [2.05, 4.69) is 0 Å². The van der Waals surface area contributed by atoms with Gasteiger partial charge in [0.2, 0.25) is 17.3 Å². The van der Waals surface area contributed by atoms with Gasteiger partial charge in [-0.05, 0) is 30.5 Å². The van der Waals surface area contributed by atoms with Crippen molar-refractivity contribution in [1.82, 2.24) is 14.4 Å². The molecule has 0 atom stereocenters. The molecule has 2 aromatic carbocycles. The SMILES string of the molecule is CC(C)N1CCn2c(CN(Cc3ccccc3-c3ccccc3)C(=O)C3CC(F)(F)C3)cc(=O)c(O)c2C1=O. The molecular weight excluding hydrogens is 504 g/mol. The Kier molecular flexibility index (Phi) is 7.01. The predicted octanol–water partition coefficient (Wildman–Crippen LogP) is 4.66. The average molecular weight is 536 g/mol. The van der Waals surface area contributed by atoms with E-state index in [1.807, 2.05) is 68.4 Å². The lowest BCUT2D eigenvalue weighted by Gasteiger charge is -2.38. The Morgan fingerprint density at radius 1 is 1.03 bits per heavy atom. The maximum Gasteiger partial charge on any atom is 0.274 e. The average Bonchev–Trinajstić information content (AvgIpc) is 2.89. The molecule has 2 aliphatic rings. The van der Waals surface area contributed by atoms with E-state index < -0.39 is 47.7 Å². The maximum absolute atomic E-state index is 13.7. The minimum atomic E-state index is -2.87. The van der Waals surface area contributed by atoms with Crippen LogP contribution in [-0.2, 0) is 24.4 Å². The highest BCUT2D eigenvalue weighted by atomic mass is 19.3. The molecule has 0 saturated heterocycles. The number of carbonyl (C=O) groups is 2. The quantitative estimate of drug-likeness (QED) is 0.477. The molecule has 0 bridgehead atoms. The first-order chi connectivity index (χ1) is 18.6. The van der Waals surface area contributed by atoms with Crippen molar-refractivity contribution in [2.24, 2.45) is 5.92 Å². The molecular formula is C30H31F2N3O4. The van der Waals surface area contributed by atoms with Gasteiger partial charge in [-0.25, -0.2) is 8.78 Å². The van der Waals surface area contributed by atoms with Crippen molar-refractivity contribution in [3.05, 3.63) is 87.8 Å². The number of aromatic hydroxyl groups is 1. The Balaban J connectivity index is 1.54. The van der Waals surface area contributed by atoms with Gasteiger partial charge < -0.3 is 19.5 Å². The summed E-state index contributed by atoms with van der Waals surface area (Å²) in [6.07, 6.45) is -1.03. The van der Waals surface area contributed by atoms with Crippen LogP contribution in [0.3, 0.4) is 0 Å². The zero-order valence-corrected chi connectivity index (χ0v) is 21.9. The summed E-state index contributed by atoms with van der Waals surface area (Å²) in [5, 5.41) is 10.5. The van der Waals surface area contributed by atoms with Crippen molar-refractivity contribution in [2.75, 3.05) is 6.54 Å². The second-order valence-corrected chi connectivity index (χ2v) is 10.6. The number of pyridine rings is 1. The van der Waals surface area contributed by atoms with Crippen LogP contribution in [0.4, 0.5) is 8.78 Å². The fourth-order valence-electron chi connectivity index (χ4n) is 5.49. The highest BCUT2D eigenvalue weighted by Crippen LogP contribution is 2.43. The fraction of sp³-hybridized carbons (Fsp3) is 0.367. The summed E-state index contributed by atoms with van der Waals surface area (Å²) < 4.78 is 29.0. The highest BCUT2D eigenvalue weighted by Gasteiger charge is 2.50. The third-order valence-corrected chi connectivity index (χ3v) is 7.59. The van der Waals surface area contributed by atoms with Crippen LogP contribution < -0.4 is 5.43 Å². The normalized spacial score (nSPS) is 16.6. The zero-order chi connectivity index (χ0) is 27.9. The van der Waals surface area contributed by atoms with E-state index in [1.54, 1.807) is 9.47 Å². The Hall–Kier alpha value is -4.01. The minimum Gasteiger partial charge on any atom is -0.503 e. The number of hydrogen-bond acceptors (Lipinski definition) is 4. The molecule has 1 aliphatic heterocycles. The van der Waals surface area contributed by atoms with Crippen molar-refractivity contribution in [1.29, 1.82) is 0 Å². The maximum atomic E-state index is 13.7. The summed E-state index contributed by atoms with van der Waals surface area (Å²) in [6.45, 7) is 4.46. The van der Waals surface area contributed by atoms with E-state index in [4.69, 9.17) is 0 Å². The number of alkyl halides is 2. The first-order valence-corrected chi connectivity index (χ1v) is 13.1. The summed E-state index contributed by atoms with van der Waals surface area (Å²) >= 11 is 0. The number of benzene rings is 2. The number of halogens is 2. The summed E-state index contributed by atoms with van der Waals surface area (Å²) in [4.78, 5) is 42.5. The van der Waals surface area contributed by atoms with Crippen LogP contribution in [0.1, 0.15) is 48.4 Å². The standard InChI is InChI=1S/C30H31F2N3O4/c1-19(2)34-12-13-35-23(14-25(36)27(37)26(35)29(34)39)18-33(28(38)22-15-30(31,32)16-22)17-21-10-6-7-11-24(21)20-8-4-3-5-9-20/h3-11,14,19,22,37H,12-13,15-18H2,1-2H3. The number of aromatic nitrogens is 1. The van der Waals surface area contributed by atoms with Gasteiger partial charge in [-0.1, -0.05) is 54.6 Å². The molecule has 2 amide bonds. The number of nitrogens with zero attached hydrogens (tertiary/aromatic N) is 3. The lowest BCUT2D eigenvalue weighted by molar-refractivity contribution is -0.161. The number of carbonyl (C=O) groups excluding carboxylic acids is 2. The van der Waals surface area contributed by atoms with Gasteiger partial charge in [0.15, 0.2) is 11.4 Å². The minimum absolute atomic E-state index is 0.0679. The third-order valence-electron chi connectivity index (χ3n) is 7.59. The smallest absolute Gasteiger partial charge is 0.274 e. The largest absolute Gasteiger partial charge is 0.503 e. The molecule has 9 heteroatoms. The first-order valence-electron chi connectivity index (χ1n) is 13.1. The Bertz CT molecular complexity index is 1460. The number of hydrogen-bond donors (Lipinski definition) is 1. The molecule has 1 aromatic heterocycles. The monoisotopic (exact) mass is 535 g/mol. The molecule has 0 unspecified atom stereocenters. The second-order valence-electron chi connectivity index (χ2n) is 10.6. The van der Waals surface area contributed by atoms with Crippen LogP contribution in [0, 0.1) is 5.92 Å². The van der Waals surface area contributed by atoms with E-state index in [9.17, 15) is 28.3 Å². The second kappa shape index (κ2) is 10.3. The van der Waals surface area contributed by atoms with Gasteiger partial charge in [-0.3, -0.25) is 14.4 Å². The zero-order valence-electron chi connectivity index (χ0n) is 21.9. The van der Waals surface area contributed by atoms with Gasteiger partial charge >= 0.3 is 0 Å². The lowest BCUT2D eigenvalue weighted by Crippen LogP contribution is -2.48. The van der Waals surface area contributed by atoms with Gasteiger partial charge in [0.05, 0.1) is 6.54 Å². The Morgan fingerprint density at radius 2 is 1.69 bits per heavy atom. The number of fused-ring (bicyclic) bond motifs is 1. The summed E-state index contributed by atoms with van der Waals surface area (Å²) in [6, 6.07) is 18.3. The van der Waals surface area contributed by atoms with E-state index in [-0.39, 0.29) is 24.8 Å². The van der Waals surface area contributed by atoms with E-state index in [0.29, 0.717) is 18.8 Å². The van der Waals surface area contributed by atoms with Gasteiger partial charge in [0.25, 0.3) is 5.91 Å². The van der Waals surface area contributed by atoms with Crippen molar-refractivity contribution < 1.29 is 23.5 Å². The van der Waals surface area contributed by atoms with Crippen LogP contribution in [0.2, 0.25) is 0 Å². The van der Waals surface area contributed by atoms with Crippen LogP contribution in [-0.4, -0.2) is 49.8 Å². The van der Waals surface area contributed by atoms with Gasteiger partial charge in [-0.2, -0.15) is 0 Å². The molecule has 7 nitrogen and oxygen atoms in total. The van der Waals surface area contributed by atoms with Gasteiger partial charge in [0.1, 0.15) is 0 Å². The van der Waals surface area contributed by atoms with Crippen molar-refractivity contribution >= 4 is 11.8 Å². The molecule has 204 valence electrons. The predicted molar refractivity (Wildman–Crippen MR) is 142 cm³/mol. The fourth-order valence-corrected chi connectivity index (χ4v) is 5.49. The van der Waals surface area contributed by atoms with Crippen LogP contribution in [0.5, 0.6) is 5.75 Å². The van der Waals surface area contributed by atoms with Crippen molar-refractivity contribution in [3.63, 3.8) is 0 Å². The van der Waals surface area contributed by atoms with Crippen molar-refractivity contribution in [2.45, 2.75) is 58.3 Å². The van der Waals surface area contributed by atoms with Crippen LogP contribution in [0.25, 0.3) is 11.1 Å². The van der Waals surface area contributed by atoms with Crippen molar-refractivity contribution in [3.8, 4) is 16.9 Å². The lowest BCUT2D eigenvalue weighted by atomic mass is 9.80. The van der Waals surface area contributed by atoms with E-state index >= 15 is 0 Å². The van der Waals surface area contributed by atoms with E-state index in [0.717, 1.165) is 16.7 Å². The highest BCUT2D eigenvalue weighted by molar-refractivity contribution is 5.96. The molecule has 1 N–H and O–H groups in total. The molecule has 5 rings (SSSR count). The Labute approximate surface area is 225 Å². The molecule has 1 saturated carbocycles. The molecule has 0 spiro atoms. The number of amides is 2. The molecule has 1 fully saturated rings. The molecule has 3 aromatic rings. The molecule has 39 heavy (non-hydrogen) atoms. The Morgan fingerprint density at radius 3 is 2.36 bits per heavy atom. The topological polar surface area (TPSA) is 82.8 Å².